The quantitative estimate of drug-likeness (QED) is 0.761. The van der Waals surface area contributed by atoms with Crippen molar-refractivity contribution in [1.29, 1.82) is 0 Å². The normalized spacial score (nSPS) is 10.5. The molecule has 0 amide bonds. The Kier molecular flexibility index (Phi) is 2.37. The van der Waals surface area contributed by atoms with Crippen molar-refractivity contribution < 1.29 is 4.79 Å². The van der Waals surface area contributed by atoms with Crippen LogP contribution in [0.1, 0.15) is 27.4 Å². The first kappa shape index (κ1) is 9.64. The van der Waals surface area contributed by atoms with Crippen molar-refractivity contribution in [1.82, 2.24) is 20.0 Å². The van der Waals surface area contributed by atoms with Crippen molar-refractivity contribution in [2.45, 2.75) is 20.4 Å². The van der Waals surface area contributed by atoms with E-state index in [0.717, 1.165) is 28.9 Å². The number of carbonyl (C=O) groups excluding carboxylic acids is 1. The highest BCUT2D eigenvalue weighted by Crippen LogP contribution is 2.14. The smallest absolute Gasteiger partial charge is 0.151 e. The lowest BCUT2D eigenvalue weighted by Crippen LogP contribution is -2.04. The predicted octanol–water partition coefficient (Wildman–Crippen LogP) is 1.08. The van der Waals surface area contributed by atoms with Crippen LogP contribution in [0.15, 0.2) is 12.3 Å². The molecule has 2 rings (SSSR count). The number of hydrogen-bond donors (Lipinski definition) is 1. The number of aromatic amines is 1. The van der Waals surface area contributed by atoms with Gasteiger partial charge in [-0.1, -0.05) is 0 Å². The second kappa shape index (κ2) is 3.68. The monoisotopic (exact) mass is 204 g/mol. The summed E-state index contributed by atoms with van der Waals surface area (Å²) in [7, 11) is 0. The molecule has 0 bridgehead atoms. The third-order valence-corrected chi connectivity index (χ3v) is 2.52. The zero-order valence-corrected chi connectivity index (χ0v) is 8.69. The molecule has 0 radical (unpaired) electrons. The van der Waals surface area contributed by atoms with Crippen LogP contribution in [0.4, 0.5) is 0 Å². The van der Waals surface area contributed by atoms with Crippen LogP contribution in [0.2, 0.25) is 0 Å². The van der Waals surface area contributed by atoms with Gasteiger partial charge in [0.05, 0.1) is 12.7 Å². The van der Waals surface area contributed by atoms with E-state index < -0.39 is 0 Å². The SMILES string of the molecule is Cc1cc(C=O)c(C)n1Cc1cn[nH]n1. The second-order valence-corrected chi connectivity index (χ2v) is 3.49. The van der Waals surface area contributed by atoms with Gasteiger partial charge in [0.15, 0.2) is 6.29 Å². The zero-order valence-electron chi connectivity index (χ0n) is 8.69. The Morgan fingerprint density at radius 2 is 2.33 bits per heavy atom. The molecular weight excluding hydrogens is 192 g/mol. The van der Waals surface area contributed by atoms with Crippen molar-refractivity contribution in [3.05, 3.63) is 34.9 Å². The molecule has 0 spiro atoms. The Hall–Kier alpha value is -1.91. The maximum absolute atomic E-state index is 10.7. The van der Waals surface area contributed by atoms with E-state index >= 15 is 0 Å². The second-order valence-electron chi connectivity index (χ2n) is 3.49. The summed E-state index contributed by atoms with van der Waals surface area (Å²) in [6.07, 6.45) is 2.56. The first-order valence-corrected chi connectivity index (χ1v) is 4.69. The predicted molar refractivity (Wildman–Crippen MR) is 54.8 cm³/mol. The molecule has 0 saturated carbocycles. The standard InChI is InChI=1S/C10H12N4O/c1-7-3-9(6-15)8(2)14(7)5-10-4-11-13-12-10/h3-4,6H,5H2,1-2H3,(H,11,12,13). The van der Waals surface area contributed by atoms with Crippen LogP contribution < -0.4 is 0 Å². The molecule has 0 fully saturated rings. The number of aldehydes is 1. The molecule has 1 N–H and O–H groups in total. The van der Waals surface area contributed by atoms with Crippen molar-refractivity contribution in [2.24, 2.45) is 0 Å². The maximum atomic E-state index is 10.7. The third-order valence-electron chi connectivity index (χ3n) is 2.52. The van der Waals surface area contributed by atoms with E-state index in [4.69, 9.17) is 0 Å². The molecule has 0 aromatic carbocycles. The highest BCUT2D eigenvalue weighted by atomic mass is 16.1. The van der Waals surface area contributed by atoms with Gasteiger partial charge in [-0.05, 0) is 19.9 Å². The molecule has 15 heavy (non-hydrogen) atoms. The summed E-state index contributed by atoms with van der Waals surface area (Å²) >= 11 is 0. The maximum Gasteiger partial charge on any atom is 0.151 e. The van der Waals surface area contributed by atoms with Crippen LogP contribution in [0.5, 0.6) is 0 Å². The molecule has 0 unspecified atom stereocenters. The fraction of sp³-hybridized carbons (Fsp3) is 0.300. The van der Waals surface area contributed by atoms with Gasteiger partial charge < -0.3 is 4.57 Å². The van der Waals surface area contributed by atoms with Crippen LogP contribution >= 0.6 is 0 Å². The molecule has 2 aromatic rings. The minimum absolute atomic E-state index is 0.641. The molecule has 2 aromatic heterocycles. The Labute approximate surface area is 87.1 Å². The molecule has 78 valence electrons. The number of H-pyrrole nitrogens is 1. The van der Waals surface area contributed by atoms with Crippen molar-refractivity contribution >= 4 is 6.29 Å². The summed E-state index contributed by atoms with van der Waals surface area (Å²) in [5.41, 5.74) is 3.60. The summed E-state index contributed by atoms with van der Waals surface area (Å²) in [5, 5.41) is 10.3. The van der Waals surface area contributed by atoms with Crippen molar-refractivity contribution in [3.8, 4) is 0 Å². The molecule has 0 aliphatic carbocycles. The molecule has 0 aliphatic rings. The highest BCUT2D eigenvalue weighted by molar-refractivity contribution is 5.77. The third kappa shape index (κ3) is 1.68. The van der Waals surface area contributed by atoms with E-state index in [9.17, 15) is 4.79 Å². The molecule has 0 saturated heterocycles. The van der Waals surface area contributed by atoms with Gasteiger partial charge in [0.25, 0.3) is 0 Å². The average molecular weight is 204 g/mol. The van der Waals surface area contributed by atoms with E-state index in [-0.39, 0.29) is 0 Å². The minimum atomic E-state index is 0.641. The van der Waals surface area contributed by atoms with Crippen LogP contribution in [0.3, 0.4) is 0 Å². The lowest BCUT2D eigenvalue weighted by molar-refractivity contribution is 0.112. The molecule has 2 heterocycles. The average Bonchev–Trinajstić information content (AvgIpc) is 2.81. The van der Waals surface area contributed by atoms with Gasteiger partial charge in [-0.25, -0.2) is 0 Å². The summed E-state index contributed by atoms with van der Waals surface area (Å²) < 4.78 is 2.04. The van der Waals surface area contributed by atoms with Crippen LogP contribution in [-0.4, -0.2) is 26.3 Å². The van der Waals surface area contributed by atoms with Gasteiger partial charge in [0, 0.05) is 17.0 Å². The van der Waals surface area contributed by atoms with Crippen molar-refractivity contribution in [3.63, 3.8) is 0 Å². The molecule has 5 heteroatoms. The first-order valence-electron chi connectivity index (χ1n) is 4.69. The topological polar surface area (TPSA) is 63.6 Å². The number of aromatic nitrogens is 4. The summed E-state index contributed by atoms with van der Waals surface area (Å²) in [6.45, 7) is 4.54. The van der Waals surface area contributed by atoms with Gasteiger partial charge in [0.1, 0.15) is 5.69 Å². The van der Waals surface area contributed by atoms with Gasteiger partial charge in [-0.3, -0.25) is 4.79 Å². The Morgan fingerprint density at radius 3 is 2.87 bits per heavy atom. The number of carbonyl (C=O) groups is 1. The van der Waals surface area contributed by atoms with E-state index in [1.54, 1.807) is 6.20 Å². The Bertz CT molecular complexity index is 470. The summed E-state index contributed by atoms with van der Waals surface area (Å²) in [4.78, 5) is 10.7. The number of hydrogen-bond acceptors (Lipinski definition) is 3. The molecule has 0 aliphatic heterocycles. The fourth-order valence-corrected chi connectivity index (χ4v) is 1.65. The Morgan fingerprint density at radius 1 is 1.53 bits per heavy atom. The van der Waals surface area contributed by atoms with Gasteiger partial charge in [-0.2, -0.15) is 15.4 Å². The van der Waals surface area contributed by atoms with E-state index in [1.807, 2.05) is 24.5 Å². The fourth-order valence-electron chi connectivity index (χ4n) is 1.65. The summed E-state index contributed by atoms with van der Waals surface area (Å²) in [6, 6.07) is 1.88. The largest absolute Gasteiger partial charge is 0.342 e. The van der Waals surface area contributed by atoms with E-state index in [2.05, 4.69) is 15.4 Å². The van der Waals surface area contributed by atoms with Crippen LogP contribution in [0, 0.1) is 13.8 Å². The van der Waals surface area contributed by atoms with Gasteiger partial charge in [0.2, 0.25) is 0 Å². The number of nitrogens with one attached hydrogen (secondary N) is 1. The van der Waals surface area contributed by atoms with E-state index in [0.29, 0.717) is 6.54 Å². The lowest BCUT2D eigenvalue weighted by Gasteiger charge is -2.06. The lowest BCUT2D eigenvalue weighted by atomic mass is 10.3. The van der Waals surface area contributed by atoms with E-state index in [1.165, 1.54) is 0 Å². The first-order chi connectivity index (χ1) is 7.22. The number of rotatable bonds is 3. The number of nitrogens with zero attached hydrogens (tertiary/aromatic N) is 3. The molecular formula is C10H12N4O. The van der Waals surface area contributed by atoms with Crippen LogP contribution in [-0.2, 0) is 6.54 Å². The van der Waals surface area contributed by atoms with Crippen molar-refractivity contribution in [2.75, 3.05) is 0 Å². The molecule has 0 atom stereocenters. The van der Waals surface area contributed by atoms with Crippen LogP contribution in [0.25, 0.3) is 0 Å². The molecule has 5 nitrogen and oxygen atoms in total. The Balaban J connectivity index is 2.36. The van der Waals surface area contributed by atoms with Gasteiger partial charge >= 0.3 is 0 Å². The minimum Gasteiger partial charge on any atom is -0.342 e. The summed E-state index contributed by atoms with van der Waals surface area (Å²) in [5.74, 6) is 0. The zero-order chi connectivity index (χ0) is 10.8. The highest BCUT2D eigenvalue weighted by Gasteiger charge is 2.09. The number of aryl methyl sites for hydroxylation is 1. The van der Waals surface area contributed by atoms with Gasteiger partial charge in [-0.15, -0.1) is 0 Å².